The standard InChI is InChI=1S/C23H28N4O/c1-17-13-25-27(14-17)15-19-9-11-20(12-10-19)26-22(28)24-16-23(3,4)21-8-6-5-7-18(21)2/h5-14H,15-16H2,1-4H3,(H2,24,26,28). The van der Waals surface area contributed by atoms with Crippen LogP contribution in [-0.4, -0.2) is 22.4 Å². The lowest BCUT2D eigenvalue weighted by Gasteiger charge is -2.27. The lowest BCUT2D eigenvalue weighted by Crippen LogP contribution is -2.39. The summed E-state index contributed by atoms with van der Waals surface area (Å²) in [5, 5.41) is 10.2. The lowest BCUT2D eigenvalue weighted by atomic mass is 9.82. The molecule has 1 aromatic heterocycles. The largest absolute Gasteiger partial charge is 0.337 e. The maximum Gasteiger partial charge on any atom is 0.319 e. The SMILES string of the molecule is Cc1cnn(Cc2ccc(NC(=O)NCC(C)(C)c3ccccc3C)cc2)c1. The average molecular weight is 377 g/mol. The van der Waals surface area contributed by atoms with Crippen molar-refractivity contribution >= 4 is 11.7 Å². The molecule has 0 aliphatic carbocycles. The molecule has 0 aliphatic heterocycles. The number of aromatic nitrogens is 2. The van der Waals surface area contributed by atoms with Crippen molar-refractivity contribution in [2.45, 2.75) is 39.7 Å². The van der Waals surface area contributed by atoms with E-state index in [9.17, 15) is 4.79 Å². The van der Waals surface area contributed by atoms with Crippen molar-refractivity contribution in [3.05, 3.63) is 83.2 Å². The Kier molecular flexibility index (Phi) is 5.83. The number of benzene rings is 2. The van der Waals surface area contributed by atoms with Gasteiger partial charge in [0.2, 0.25) is 0 Å². The van der Waals surface area contributed by atoms with E-state index in [0.717, 1.165) is 16.8 Å². The van der Waals surface area contributed by atoms with Crippen molar-refractivity contribution < 1.29 is 4.79 Å². The van der Waals surface area contributed by atoms with Gasteiger partial charge in [-0.2, -0.15) is 5.10 Å². The van der Waals surface area contributed by atoms with E-state index >= 15 is 0 Å². The smallest absolute Gasteiger partial charge is 0.319 e. The molecule has 28 heavy (non-hydrogen) atoms. The second-order valence-electron chi connectivity index (χ2n) is 7.92. The Labute approximate surface area is 166 Å². The van der Waals surface area contributed by atoms with E-state index in [-0.39, 0.29) is 11.4 Å². The summed E-state index contributed by atoms with van der Waals surface area (Å²) in [5.41, 5.74) is 5.38. The zero-order valence-corrected chi connectivity index (χ0v) is 17.0. The Morgan fingerprint density at radius 1 is 1.07 bits per heavy atom. The summed E-state index contributed by atoms with van der Waals surface area (Å²) in [4.78, 5) is 12.3. The van der Waals surface area contributed by atoms with Gasteiger partial charge in [0.1, 0.15) is 0 Å². The zero-order chi connectivity index (χ0) is 20.1. The van der Waals surface area contributed by atoms with Crippen molar-refractivity contribution in [2.24, 2.45) is 0 Å². The van der Waals surface area contributed by atoms with Crippen LogP contribution in [0.1, 0.15) is 36.1 Å². The molecule has 2 N–H and O–H groups in total. The van der Waals surface area contributed by atoms with Gasteiger partial charge in [-0.25, -0.2) is 4.79 Å². The summed E-state index contributed by atoms with van der Waals surface area (Å²) in [6.07, 6.45) is 3.86. The normalized spacial score (nSPS) is 11.3. The Bertz CT molecular complexity index is 941. The molecule has 0 atom stereocenters. The van der Waals surface area contributed by atoms with Gasteiger partial charge in [-0.1, -0.05) is 50.2 Å². The number of rotatable bonds is 6. The fourth-order valence-corrected chi connectivity index (χ4v) is 3.34. The molecule has 5 heteroatoms. The first kappa shape index (κ1) is 19.7. The Hall–Kier alpha value is -3.08. The van der Waals surface area contributed by atoms with E-state index in [1.165, 1.54) is 11.1 Å². The number of amides is 2. The van der Waals surface area contributed by atoms with Crippen molar-refractivity contribution in [3.8, 4) is 0 Å². The average Bonchev–Trinajstić information content (AvgIpc) is 3.07. The number of carbonyl (C=O) groups is 1. The van der Waals surface area contributed by atoms with Crippen LogP contribution in [0, 0.1) is 13.8 Å². The van der Waals surface area contributed by atoms with Gasteiger partial charge in [-0.15, -0.1) is 0 Å². The first-order valence-corrected chi connectivity index (χ1v) is 9.52. The second kappa shape index (κ2) is 8.30. The molecule has 1 heterocycles. The fraction of sp³-hybridized carbons (Fsp3) is 0.304. The van der Waals surface area contributed by atoms with Crippen molar-refractivity contribution in [1.29, 1.82) is 0 Å². The topological polar surface area (TPSA) is 59.0 Å². The molecule has 2 aromatic carbocycles. The highest BCUT2D eigenvalue weighted by atomic mass is 16.2. The highest BCUT2D eigenvalue weighted by Crippen LogP contribution is 2.25. The maximum absolute atomic E-state index is 12.3. The van der Waals surface area contributed by atoms with E-state index in [1.807, 2.05) is 60.4 Å². The van der Waals surface area contributed by atoms with Crippen LogP contribution in [0.4, 0.5) is 10.5 Å². The van der Waals surface area contributed by atoms with Crippen molar-refractivity contribution in [1.82, 2.24) is 15.1 Å². The Balaban J connectivity index is 1.54. The van der Waals surface area contributed by atoms with E-state index in [1.54, 1.807) is 0 Å². The van der Waals surface area contributed by atoms with E-state index in [4.69, 9.17) is 0 Å². The lowest BCUT2D eigenvalue weighted by molar-refractivity contribution is 0.249. The summed E-state index contributed by atoms with van der Waals surface area (Å²) >= 11 is 0. The van der Waals surface area contributed by atoms with Crippen LogP contribution in [-0.2, 0) is 12.0 Å². The molecule has 0 saturated heterocycles. The molecule has 0 unspecified atom stereocenters. The van der Waals surface area contributed by atoms with Crippen LogP contribution in [0.15, 0.2) is 60.9 Å². The van der Waals surface area contributed by atoms with Crippen LogP contribution in [0.5, 0.6) is 0 Å². The first-order valence-electron chi connectivity index (χ1n) is 9.52. The monoisotopic (exact) mass is 376 g/mol. The van der Waals surface area contributed by atoms with Gasteiger partial charge in [0, 0.05) is 23.8 Å². The highest BCUT2D eigenvalue weighted by Gasteiger charge is 2.22. The minimum atomic E-state index is -0.197. The molecular formula is C23H28N4O. The molecule has 3 aromatic rings. The minimum absolute atomic E-state index is 0.144. The number of urea groups is 1. The molecule has 0 fully saturated rings. The van der Waals surface area contributed by atoms with Gasteiger partial charge in [0.15, 0.2) is 0 Å². The summed E-state index contributed by atoms with van der Waals surface area (Å²) in [5.74, 6) is 0. The number of nitrogens with one attached hydrogen (secondary N) is 2. The maximum atomic E-state index is 12.3. The van der Waals surface area contributed by atoms with Crippen LogP contribution in [0.25, 0.3) is 0 Å². The quantitative estimate of drug-likeness (QED) is 0.658. The van der Waals surface area contributed by atoms with Crippen molar-refractivity contribution in [3.63, 3.8) is 0 Å². The number of carbonyl (C=O) groups excluding carboxylic acids is 1. The molecule has 0 bridgehead atoms. The summed E-state index contributed by atoms with van der Waals surface area (Å²) in [6.45, 7) is 9.67. The minimum Gasteiger partial charge on any atom is -0.337 e. The van der Waals surface area contributed by atoms with E-state index < -0.39 is 0 Å². The highest BCUT2D eigenvalue weighted by molar-refractivity contribution is 5.89. The van der Waals surface area contributed by atoms with E-state index in [2.05, 4.69) is 48.6 Å². The molecule has 3 rings (SSSR count). The van der Waals surface area contributed by atoms with Crippen LogP contribution < -0.4 is 10.6 Å². The number of hydrogen-bond donors (Lipinski definition) is 2. The third-order valence-electron chi connectivity index (χ3n) is 4.88. The van der Waals surface area contributed by atoms with Gasteiger partial charge < -0.3 is 10.6 Å². The first-order chi connectivity index (χ1) is 13.3. The number of aryl methyl sites for hydroxylation is 2. The predicted octanol–water partition coefficient (Wildman–Crippen LogP) is 4.65. The van der Waals surface area contributed by atoms with Crippen LogP contribution >= 0.6 is 0 Å². The summed E-state index contributed by atoms with van der Waals surface area (Å²) in [6, 6.07) is 15.9. The third-order valence-corrected chi connectivity index (χ3v) is 4.88. The molecule has 0 radical (unpaired) electrons. The number of hydrogen-bond acceptors (Lipinski definition) is 2. The van der Waals surface area contributed by atoms with Crippen molar-refractivity contribution in [2.75, 3.05) is 11.9 Å². The third kappa shape index (κ3) is 5.00. The van der Waals surface area contributed by atoms with Crippen LogP contribution in [0.3, 0.4) is 0 Å². The number of nitrogens with zero attached hydrogens (tertiary/aromatic N) is 2. The van der Waals surface area contributed by atoms with Gasteiger partial charge in [-0.05, 0) is 48.2 Å². The molecule has 0 aliphatic rings. The van der Waals surface area contributed by atoms with Gasteiger partial charge >= 0.3 is 6.03 Å². The zero-order valence-electron chi connectivity index (χ0n) is 17.0. The Morgan fingerprint density at radius 3 is 2.43 bits per heavy atom. The van der Waals surface area contributed by atoms with Gasteiger partial charge in [-0.3, -0.25) is 4.68 Å². The summed E-state index contributed by atoms with van der Waals surface area (Å²) in [7, 11) is 0. The Morgan fingerprint density at radius 2 is 1.79 bits per heavy atom. The van der Waals surface area contributed by atoms with Gasteiger partial charge in [0.05, 0.1) is 12.7 Å². The second-order valence-corrected chi connectivity index (χ2v) is 7.92. The summed E-state index contributed by atoms with van der Waals surface area (Å²) < 4.78 is 1.90. The van der Waals surface area contributed by atoms with E-state index in [0.29, 0.717) is 13.1 Å². The molecule has 2 amide bonds. The molecular weight excluding hydrogens is 348 g/mol. The predicted molar refractivity (Wildman–Crippen MR) is 114 cm³/mol. The molecule has 0 spiro atoms. The number of anilines is 1. The molecule has 146 valence electrons. The van der Waals surface area contributed by atoms with Crippen LogP contribution in [0.2, 0.25) is 0 Å². The van der Waals surface area contributed by atoms with Gasteiger partial charge in [0.25, 0.3) is 0 Å². The fourth-order valence-electron chi connectivity index (χ4n) is 3.34. The molecule has 0 saturated carbocycles. The molecule has 5 nitrogen and oxygen atoms in total.